The van der Waals surface area contributed by atoms with Crippen molar-refractivity contribution in [3.63, 3.8) is 0 Å². The second-order valence-corrected chi connectivity index (χ2v) is 9.84. The van der Waals surface area contributed by atoms with Crippen LogP contribution in [0.15, 0.2) is 36.7 Å². The van der Waals surface area contributed by atoms with Crippen LogP contribution in [0, 0.1) is 18.3 Å². The van der Waals surface area contributed by atoms with Crippen molar-refractivity contribution in [2.45, 2.75) is 52.1 Å². The van der Waals surface area contributed by atoms with Gasteiger partial charge in [-0.3, -0.25) is 14.6 Å². The number of aromatic nitrogens is 4. The summed E-state index contributed by atoms with van der Waals surface area (Å²) in [6, 6.07) is 8.98. The summed E-state index contributed by atoms with van der Waals surface area (Å²) >= 11 is 0. The Kier molecular flexibility index (Phi) is 7.12. The topological polar surface area (TPSA) is 135 Å². The molecule has 1 fully saturated rings. The third-order valence-electron chi connectivity index (χ3n) is 6.00. The van der Waals surface area contributed by atoms with Gasteiger partial charge in [-0.25, -0.2) is 4.68 Å². The number of hydrogen-bond donors (Lipinski definition) is 2. The van der Waals surface area contributed by atoms with Gasteiger partial charge in [0, 0.05) is 18.7 Å². The molecule has 186 valence electrons. The quantitative estimate of drug-likeness (QED) is 0.545. The van der Waals surface area contributed by atoms with E-state index in [0.29, 0.717) is 34.7 Å². The van der Waals surface area contributed by atoms with Crippen LogP contribution in [0.2, 0.25) is 0 Å². The van der Waals surface area contributed by atoms with Crippen molar-refractivity contribution in [1.82, 2.24) is 25.3 Å². The average Bonchev–Trinajstić information content (AvgIpc) is 3.55. The van der Waals surface area contributed by atoms with Gasteiger partial charge >= 0.3 is 0 Å². The minimum Gasteiger partial charge on any atom is -0.376 e. The molecule has 1 atom stereocenters. The number of aryl methyl sites for hydroxylation is 1. The van der Waals surface area contributed by atoms with E-state index in [4.69, 9.17) is 4.74 Å². The third kappa shape index (κ3) is 5.75. The zero-order chi connectivity index (χ0) is 25.9. The van der Waals surface area contributed by atoms with Gasteiger partial charge in [-0.2, -0.15) is 5.26 Å². The van der Waals surface area contributed by atoms with Crippen molar-refractivity contribution in [3.8, 4) is 11.8 Å². The molecule has 36 heavy (non-hydrogen) atoms. The largest absolute Gasteiger partial charge is 0.376 e. The Balaban J connectivity index is 1.51. The third-order valence-corrected chi connectivity index (χ3v) is 6.00. The lowest BCUT2D eigenvalue weighted by Gasteiger charge is -2.20. The molecule has 3 heterocycles. The fourth-order valence-corrected chi connectivity index (χ4v) is 3.87. The highest BCUT2D eigenvalue weighted by Gasteiger charge is 2.20. The van der Waals surface area contributed by atoms with Gasteiger partial charge in [0.1, 0.15) is 0 Å². The lowest BCUT2D eigenvalue weighted by molar-refractivity contribution is 0.0853. The van der Waals surface area contributed by atoms with Crippen LogP contribution in [-0.4, -0.2) is 51.0 Å². The summed E-state index contributed by atoms with van der Waals surface area (Å²) in [5.74, 6) is -0.694. The molecular formula is C26H29N7O3. The van der Waals surface area contributed by atoms with Crippen LogP contribution in [-0.2, 0) is 10.2 Å². The van der Waals surface area contributed by atoms with Crippen LogP contribution in [0.5, 0.6) is 0 Å². The lowest BCUT2D eigenvalue weighted by Crippen LogP contribution is -2.31. The van der Waals surface area contributed by atoms with E-state index in [0.717, 1.165) is 25.0 Å². The minimum atomic E-state index is -0.359. The molecule has 1 aliphatic heterocycles. The molecule has 2 aromatic heterocycles. The monoisotopic (exact) mass is 487 g/mol. The first-order valence-corrected chi connectivity index (χ1v) is 11.8. The highest BCUT2D eigenvalue weighted by atomic mass is 16.5. The highest BCUT2D eigenvalue weighted by molar-refractivity contribution is 6.04. The SMILES string of the molecule is Cc1ncc(NC(=O)c2cc(C#N)cc(C(C)(C)C)c2)cc1-n1cc(C(=O)NCC2CCCO2)nn1. The van der Waals surface area contributed by atoms with Gasteiger partial charge in [0.15, 0.2) is 5.69 Å². The molecule has 3 aromatic rings. The molecule has 1 aliphatic rings. The van der Waals surface area contributed by atoms with E-state index in [1.165, 1.54) is 10.9 Å². The van der Waals surface area contributed by atoms with Crippen molar-refractivity contribution in [2.75, 3.05) is 18.5 Å². The Hall–Kier alpha value is -4.10. The summed E-state index contributed by atoms with van der Waals surface area (Å²) in [7, 11) is 0. The van der Waals surface area contributed by atoms with Gasteiger partial charge in [-0.05, 0) is 55.0 Å². The number of nitrogens with one attached hydrogen (secondary N) is 2. The number of hydrogen-bond acceptors (Lipinski definition) is 7. The maximum absolute atomic E-state index is 13.0. The maximum Gasteiger partial charge on any atom is 0.273 e. The first-order chi connectivity index (χ1) is 17.1. The summed E-state index contributed by atoms with van der Waals surface area (Å²) in [4.78, 5) is 29.9. The summed E-state index contributed by atoms with van der Waals surface area (Å²) in [6.07, 6.45) is 5.02. The molecule has 0 aliphatic carbocycles. The zero-order valence-electron chi connectivity index (χ0n) is 20.8. The number of pyridine rings is 1. The van der Waals surface area contributed by atoms with Crippen molar-refractivity contribution in [3.05, 3.63) is 64.7 Å². The van der Waals surface area contributed by atoms with Crippen molar-refractivity contribution < 1.29 is 14.3 Å². The minimum absolute atomic E-state index is 0.0315. The number of amides is 2. The molecular weight excluding hydrogens is 458 g/mol. The Labute approximate surface area is 209 Å². The summed E-state index contributed by atoms with van der Waals surface area (Å²) in [6.45, 7) is 9.02. The van der Waals surface area contributed by atoms with Gasteiger partial charge in [0.25, 0.3) is 11.8 Å². The second-order valence-electron chi connectivity index (χ2n) is 9.84. The van der Waals surface area contributed by atoms with Crippen LogP contribution in [0.1, 0.15) is 71.3 Å². The number of carbonyl (C=O) groups is 2. The zero-order valence-corrected chi connectivity index (χ0v) is 20.8. The van der Waals surface area contributed by atoms with Crippen LogP contribution in [0.3, 0.4) is 0 Å². The van der Waals surface area contributed by atoms with Crippen molar-refractivity contribution in [1.29, 1.82) is 5.26 Å². The van der Waals surface area contributed by atoms with E-state index in [-0.39, 0.29) is 29.0 Å². The van der Waals surface area contributed by atoms with Gasteiger partial charge < -0.3 is 15.4 Å². The van der Waals surface area contributed by atoms with Crippen LogP contribution in [0.4, 0.5) is 5.69 Å². The first-order valence-electron chi connectivity index (χ1n) is 11.8. The van der Waals surface area contributed by atoms with Gasteiger partial charge in [0.05, 0.1) is 47.2 Å². The van der Waals surface area contributed by atoms with Crippen molar-refractivity contribution in [2.24, 2.45) is 0 Å². The van der Waals surface area contributed by atoms with E-state index in [9.17, 15) is 14.9 Å². The number of nitriles is 1. The second kappa shape index (κ2) is 10.3. The molecule has 1 saturated heterocycles. The summed E-state index contributed by atoms with van der Waals surface area (Å²) in [5, 5.41) is 23.1. The predicted octanol–water partition coefficient (Wildman–Crippen LogP) is 3.30. The average molecular weight is 488 g/mol. The summed E-state index contributed by atoms with van der Waals surface area (Å²) in [5.41, 5.74) is 3.30. The standard InChI is InChI=1S/C26H29N7O3/c1-16-23(33-15-22(31-32-33)25(35)29-14-21-6-5-7-36-21)11-20(13-28-16)30-24(34)18-8-17(12-27)9-19(10-18)26(2,3)4/h8-11,13,15,21H,5-7,14H2,1-4H3,(H,29,35)(H,30,34). The van der Waals surface area contributed by atoms with E-state index in [1.807, 2.05) is 20.8 Å². The van der Waals surface area contributed by atoms with E-state index >= 15 is 0 Å². The molecule has 0 bridgehead atoms. The molecule has 1 unspecified atom stereocenters. The number of ether oxygens (including phenoxy) is 1. The fourth-order valence-electron chi connectivity index (χ4n) is 3.87. The summed E-state index contributed by atoms with van der Waals surface area (Å²) < 4.78 is 6.98. The number of carbonyl (C=O) groups excluding carboxylic acids is 2. The number of benzene rings is 1. The Morgan fingerprint density at radius 2 is 2.03 bits per heavy atom. The highest BCUT2D eigenvalue weighted by Crippen LogP contribution is 2.25. The Morgan fingerprint density at radius 3 is 2.72 bits per heavy atom. The number of rotatable bonds is 6. The van der Waals surface area contributed by atoms with Crippen LogP contribution in [0.25, 0.3) is 5.69 Å². The van der Waals surface area contributed by atoms with Gasteiger partial charge in [0.2, 0.25) is 0 Å². The number of anilines is 1. The molecule has 0 spiro atoms. The molecule has 10 heteroatoms. The molecule has 1 aromatic carbocycles. The van der Waals surface area contributed by atoms with E-state index < -0.39 is 0 Å². The van der Waals surface area contributed by atoms with Crippen LogP contribution < -0.4 is 10.6 Å². The first kappa shape index (κ1) is 25.0. The van der Waals surface area contributed by atoms with E-state index in [1.54, 1.807) is 37.4 Å². The molecule has 10 nitrogen and oxygen atoms in total. The fraction of sp³-hybridized carbons (Fsp3) is 0.385. The smallest absolute Gasteiger partial charge is 0.273 e. The molecule has 0 radical (unpaired) electrons. The molecule has 2 amide bonds. The predicted molar refractivity (Wildman–Crippen MR) is 133 cm³/mol. The lowest BCUT2D eigenvalue weighted by atomic mass is 9.85. The number of nitrogens with zero attached hydrogens (tertiary/aromatic N) is 5. The van der Waals surface area contributed by atoms with Crippen LogP contribution >= 0.6 is 0 Å². The van der Waals surface area contributed by atoms with Gasteiger partial charge in [-0.1, -0.05) is 26.0 Å². The molecule has 0 saturated carbocycles. The Morgan fingerprint density at radius 1 is 1.22 bits per heavy atom. The van der Waals surface area contributed by atoms with Crippen molar-refractivity contribution >= 4 is 17.5 Å². The van der Waals surface area contributed by atoms with Gasteiger partial charge in [-0.15, -0.1) is 5.10 Å². The van der Waals surface area contributed by atoms with E-state index in [2.05, 4.69) is 32.0 Å². The molecule has 4 rings (SSSR count). The Bertz CT molecular complexity index is 1330. The normalized spacial score (nSPS) is 15.4. The maximum atomic E-state index is 13.0. The molecule has 2 N–H and O–H groups in total.